The van der Waals surface area contributed by atoms with E-state index in [-0.39, 0.29) is 17.4 Å². The van der Waals surface area contributed by atoms with Crippen LogP contribution in [0.2, 0.25) is 0 Å². The van der Waals surface area contributed by atoms with E-state index in [1.807, 2.05) is 4.90 Å². The Morgan fingerprint density at radius 1 is 1.41 bits per heavy atom. The maximum absolute atomic E-state index is 12.2. The van der Waals surface area contributed by atoms with E-state index in [0.717, 1.165) is 19.6 Å². The third kappa shape index (κ3) is 3.96. The van der Waals surface area contributed by atoms with E-state index in [1.165, 1.54) is 0 Å². The van der Waals surface area contributed by atoms with Crippen LogP contribution in [0.1, 0.15) is 34.1 Å². The molecule has 1 heterocycles. The molecule has 0 aromatic carbocycles. The number of carbonyl (C=O) groups excluding carboxylic acids is 1. The van der Waals surface area contributed by atoms with Gasteiger partial charge in [0.05, 0.1) is 0 Å². The predicted molar refractivity (Wildman–Crippen MR) is 70.7 cm³/mol. The summed E-state index contributed by atoms with van der Waals surface area (Å²) in [5, 5.41) is 0. The molecule has 0 radical (unpaired) electrons. The van der Waals surface area contributed by atoms with E-state index in [9.17, 15) is 4.79 Å². The van der Waals surface area contributed by atoms with Gasteiger partial charge in [0.2, 0.25) is 5.91 Å². The van der Waals surface area contributed by atoms with Gasteiger partial charge in [-0.25, -0.2) is 0 Å². The van der Waals surface area contributed by atoms with Crippen LogP contribution in [0.25, 0.3) is 0 Å². The Bertz CT molecular complexity index is 272. The Kier molecular flexibility index (Phi) is 4.55. The minimum absolute atomic E-state index is 0.00846. The number of carbonyl (C=O) groups is 1. The Morgan fingerprint density at radius 3 is 2.47 bits per heavy atom. The Labute approximate surface area is 105 Å². The minimum atomic E-state index is -0.0677. The first-order valence-corrected chi connectivity index (χ1v) is 6.45. The summed E-state index contributed by atoms with van der Waals surface area (Å²) in [7, 11) is 2.10. The summed E-state index contributed by atoms with van der Waals surface area (Å²) in [4.78, 5) is 16.4. The quantitative estimate of drug-likeness (QED) is 0.782. The predicted octanol–water partition coefficient (Wildman–Crippen LogP) is 0.912. The van der Waals surface area contributed by atoms with E-state index in [1.54, 1.807) is 0 Å². The van der Waals surface area contributed by atoms with Gasteiger partial charge < -0.3 is 15.5 Å². The highest BCUT2D eigenvalue weighted by Gasteiger charge is 2.29. The molecule has 1 aliphatic heterocycles. The molecule has 1 saturated heterocycles. The van der Waals surface area contributed by atoms with Crippen LogP contribution in [0.5, 0.6) is 0 Å². The molecule has 0 saturated carbocycles. The van der Waals surface area contributed by atoms with Crippen LogP contribution < -0.4 is 5.73 Å². The first kappa shape index (κ1) is 14.5. The molecule has 1 amide bonds. The minimum Gasteiger partial charge on any atom is -0.337 e. The highest BCUT2D eigenvalue weighted by atomic mass is 16.2. The molecule has 2 unspecified atom stereocenters. The second-order valence-corrected chi connectivity index (χ2v) is 6.38. The summed E-state index contributed by atoms with van der Waals surface area (Å²) in [5.41, 5.74) is 6.06. The fourth-order valence-electron chi connectivity index (χ4n) is 2.12. The van der Waals surface area contributed by atoms with Gasteiger partial charge in [0.1, 0.15) is 0 Å². The Morgan fingerprint density at radius 2 is 2.00 bits per heavy atom. The van der Waals surface area contributed by atoms with E-state index < -0.39 is 0 Å². The molecule has 2 atom stereocenters. The largest absolute Gasteiger partial charge is 0.337 e. The maximum atomic E-state index is 12.2. The first-order valence-electron chi connectivity index (χ1n) is 6.45. The molecular formula is C13H27N3O. The highest BCUT2D eigenvalue weighted by Crippen LogP contribution is 2.21. The Hall–Kier alpha value is -0.610. The number of rotatable bonds is 2. The second-order valence-electron chi connectivity index (χ2n) is 6.38. The zero-order valence-electron chi connectivity index (χ0n) is 11.9. The molecule has 0 aliphatic carbocycles. The van der Waals surface area contributed by atoms with Gasteiger partial charge >= 0.3 is 0 Å². The number of hydrogen-bond donors (Lipinski definition) is 1. The smallest absolute Gasteiger partial charge is 0.224 e. The highest BCUT2D eigenvalue weighted by molar-refractivity contribution is 5.77. The van der Waals surface area contributed by atoms with Crippen molar-refractivity contribution in [2.75, 3.05) is 26.7 Å². The molecule has 4 nitrogen and oxygen atoms in total. The molecule has 100 valence electrons. The van der Waals surface area contributed by atoms with Crippen molar-refractivity contribution in [2.24, 2.45) is 11.1 Å². The molecule has 2 N–H and O–H groups in total. The van der Waals surface area contributed by atoms with E-state index in [4.69, 9.17) is 5.73 Å². The van der Waals surface area contributed by atoms with Gasteiger partial charge in [-0.15, -0.1) is 0 Å². The van der Waals surface area contributed by atoms with Crippen LogP contribution in [-0.4, -0.2) is 54.5 Å². The van der Waals surface area contributed by atoms with E-state index in [2.05, 4.69) is 39.6 Å². The Balaban J connectivity index is 2.53. The van der Waals surface area contributed by atoms with Crippen molar-refractivity contribution in [3.63, 3.8) is 0 Å². The molecule has 17 heavy (non-hydrogen) atoms. The van der Waals surface area contributed by atoms with Crippen molar-refractivity contribution in [3.05, 3.63) is 0 Å². The molecular weight excluding hydrogens is 214 g/mol. The number of piperazine rings is 1. The lowest BCUT2D eigenvalue weighted by Crippen LogP contribution is -2.54. The zero-order chi connectivity index (χ0) is 13.2. The van der Waals surface area contributed by atoms with Crippen LogP contribution in [0.3, 0.4) is 0 Å². The summed E-state index contributed by atoms with van der Waals surface area (Å²) < 4.78 is 0. The SMILES string of the molecule is CC1CN(C)CCN1C(=O)CC(N)C(C)(C)C. The molecule has 0 bridgehead atoms. The number of nitrogens with zero attached hydrogens (tertiary/aromatic N) is 2. The lowest BCUT2D eigenvalue weighted by Gasteiger charge is -2.39. The third-order valence-corrected chi connectivity index (χ3v) is 3.66. The van der Waals surface area contributed by atoms with Crippen molar-refractivity contribution >= 4 is 5.91 Å². The molecule has 4 heteroatoms. The van der Waals surface area contributed by atoms with Crippen LogP contribution in [0.15, 0.2) is 0 Å². The summed E-state index contributed by atoms with van der Waals surface area (Å²) in [5.74, 6) is 0.202. The van der Waals surface area contributed by atoms with Crippen molar-refractivity contribution in [1.82, 2.24) is 9.80 Å². The number of nitrogens with two attached hydrogens (primary N) is 1. The van der Waals surface area contributed by atoms with Crippen LogP contribution in [0.4, 0.5) is 0 Å². The molecule has 1 rings (SSSR count). The van der Waals surface area contributed by atoms with Crippen LogP contribution >= 0.6 is 0 Å². The van der Waals surface area contributed by atoms with E-state index in [0.29, 0.717) is 12.5 Å². The van der Waals surface area contributed by atoms with Crippen LogP contribution in [0, 0.1) is 5.41 Å². The van der Waals surface area contributed by atoms with Gasteiger partial charge in [-0.2, -0.15) is 0 Å². The van der Waals surface area contributed by atoms with Crippen LogP contribution in [-0.2, 0) is 4.79 Å². The fourth-order valence-corrected chi connectivity index (χ4v) is 2.12. The topological polar surface area (TPSA) is 49.6 Å². The fraction of sp³-hybridized carbons (Fsp3) is 0.923. The molecule has 0 spiro atoms. The summed E-state index contributed by atoms with van der Waals surface area (Å²) in [6, 6.07) is 0.232. The lowest BCUT2D eigenvalue weighted by molar-refractivity contribution is -0.136. The standard InChI is InChI=1S/C13H27N3O/c1-10-9-15(5)6-7-16(10)12(17)8-11(14)13(2,3)4/h10-11H,6-9,14H2,1-5H3. The normalized spacial score (nSPS) is 24.8. The molecule has 1 aliphatic rings. The van der Waals surface area contributed by atoms with Gasteiger partial charge in [-0.1, -0.05) is 20.8 Å². The molecule has 0 aromatic rings. The summed E-state index contributed by atoms with van der Waals surface area (Å²) in [6.45, 7) is 11.1. The zero-order valence-corrected chi connectivity index (χ0v) is 11.9. The average Bonchev–Trinajstić information content (AvgIpc) is 2.15. The van der Waals surface area contributed by atoms with Gasteiger partial charge in [-0.3, -0.25) is 4.79 Å². The number of likely N-dealkylation sites (N-methyl/N-ethyl adjacent to an activating group) is 1. The van der Waals surface area contributed by atoms with Gasteiger partial charge in [0, 0.05) is 38.1 Å². The van der Waals surface area contributed by atoms with Gasteiger partial charge in [0.25, 0.3) is 0 Å². The van der Waals surface area contributed by atoms with Crippen molar-refractivity contribution < 1.29 is 4.79 Å². The summed E-state index contributed by atoms with van der Waals surface area (Å²) >= 11 is 0. The van der Waals surface area contributed by atoms with E-state index >= 15 is 0 Å². The maximum Gasteiger partial charge on any atom is 0.224 e. The second kappa shape index (κ2) is 5.36. The summed E-state index contributed by atoms with van der Waals surface area (Å²) in [6.07, 6.45) is 0.456. The third-order valence-electron chi connectivity index (χ3n) is 3.66. The van der Waals surface area contributed by atoms with Crippen molar-refractivity contribution in [3.8, 4) is 0 Å². The monoisotopic (exact) mass is 241 g/mol. The lowest BCUT2D eigenvalue weighted by atomic mass is 9.85. The van der Waals surface area contributed by atoms with Crippen molar-refractivity contribution in [2.45, 2.75) is 46.2 Å². The number of hydrogen-bond acceptors (Lipinski definition) is 3. The van der Waals surface area contributed by atoms with Gasteiger partial charge in [0.15, 0.2) is 0 Å². The van der Waals surface area contributed by atoms with Gasteiger partial charge in [-0.05, 0) is 19.4 Å². The number of amides is 1. The first-order chi connectivity index (χ1) is 7.71. The van der Waals surface area contributed by atoms with Crippen molar-refractivity contribution in [1.29, 1.82) is 0 Å². The average molecular weight is 241 g/mol. The molecule has 1 fully saturated rings. The molecule has 0 aromatic heterocycles.